The maximum atomic E-state index is 11.6. The molecule has 0 N–H and O–H groups in total. The van der Waals surface area contributed by atoms with Crippen molar-refractivity contribution < 1.29 is 19.0 Å². The Morgan fingerprint density at radius 1 is 1.15 bits per heavy atom. The van der Waals surface area contributed by atoms with E-state index in [1.807, 2.05) is 30.3 Å². The Morgan fingerprint density at radius 2 is 1.77 bits per heavy atom. The predicted octanol–water partition coefficient (Wildman–Crippen LogP) is 4.52. The summed E-state index contributed by atoms with van der Waals surface area (Å²) >= 11 is 0. The summed E-state index contributed by atoms with van der Waals surface area (Å²) in [7, 11) is 3.02. The van der Waals surface area contributed by atoms with Gasteiger partial charge in [0.05, 0.1) is 19.9 Å². The van der Waals surface area contributed by atoms with Crippen LogP contribution in [0.2, 0.25) is 0 Å². The first-order chi connectivity index (χ1) is 12.6. The maximum Gasteiger partial charge on any atom is 0.203 e. The van der Waals surface area contributed by atoms with E-state index in [9.17, 15) is 4.79 Å². The Morgan fingerprint density at radius 3 is 2.27 bits per heavy atom. The monoisotopic (exact) mass is 353 g/mol. The summed E-state index contributed by atoms with van der Waals surface area (Å²) in [6.07, 6.45) is 1.47. The molecule has 2 aromatic carbocycles. The zero-order chi connectivity index (χ0) is 18.9. The lowest BCUT2D eigenvalue weighted by molar-refractivity contribution is -0.113. The number of azide groups is 1. The molecule has 0 atom stereocenters. The van der Waals surface area contributed by atoms with Gasteiger partial charge < -0.3 is 14.2 Å². The molecule has 0 spiro atoms. The van der Waals surface area contributed by atoms with Crippen LogP contribution in [0.4, 0.5) is 0 Å². The van der Waals surface area contributed by atoms with Gasteiger partial charge in [0, 0.05) is 4.91 Å². The first-order valence-corrected chi connectivity index (χ1v) is 7.79. The molecule has 0 radical (unpaired) electrons. The normalized spacial score (nSPS) is 10.7. The second-order valence-electron chi connectivity index (χ2n) is 5.30. The Kier molecular flexibility index (Phi) is 6.65. The lowest BCUT2D eigenvalue weighted by Gasteiger charge is -2.15. The highest BCUT2D eigenvalue weighted by molar-refractivity contribution is 5.97. The molecule has 0 saturated heterocycles. The number of nitrogens with zero attached hydrogens (tertiary/aromatic N) is 3. The van der Waals surface area contributed by atoms with Crippen molar-refractivity contribution in [2.24, 2.45) is 5.11 Å². The molecule has 0 aliphatic rings. The third-order valence-corrected chi connectivity index (χ3v) is 3.53. The number of allylic oxidation sites excluding steroid dienone is 1. The average molecular weight is 353 g/mol. The van der Waals surface area contributed by atoms with Gasteiger partial charge >= 0.3 is 0 Å². The number of benzene rings is 2. The molecule has 134 valence electrons. The van der Waals surface area contributed by atoms with Gasteiger partial charge in [-0.25, -0.2) is 0 Å². The summed E-state index contributed by atoms with van der Waals surface area (Å²) in [6.45, 7) is 1.67. The lowest BCUT2D eigenvalue weighted by atomic mass is 10.1. The zero-order valence-electron chi connectivity index (χ0n) is 14.8. The number of ether oxygens (including phenoxy) is 3. The fourth-order valence-electron chi connectivity index (χ4n) is 2.26. The van der Waals surface area contributed by atoms with Crippen LogP contribution in [0.3, 0.4) is 0 Å². The van der Waals surface area contributed by atoms with Crippen molar-refractivity contribution in [3.8, 4) is 17.2 Å². The zero-order valence-corrected chi connectivity index (χ0v) is 14.8. The standard InChI is InChI=1S/C19H19N3O4/c1-13(23)16(21-22-20)9-15-10-17(24-2)19(18(11-15)25-3)26-12-14-7-5-4-6-8-14/h4-11H,12H2,1-3H3. The van der Waals surface area contributed by atoms with E-state index in [1.165, 1.54) is 27.2 Å². The van der Waals surface area contributed by atoms with Crippen LogP contribution in [0.5, 0.6) is 17.2 Å². The number of ketones is 1. The number of rotatable bonds is 8. The van der Waals surface area contributed by atoms with Gasteiger partial charge in [0.15, 0.2) is 17.3 Å². The van der Waals surface area contributed by atoms with Crippen molar-refractivity contribution >= 4 is 11.9 Å². The highest BCUT2D eigenvalue weighted by Crippen LogP contribution is 2.39. The molecule has 0 heterocycles. The minimum absolute atomic E-state index is 0.00504. The van der Waals surface area contributed by atoms with Crippen molar-refractivity contribution in [1.29, 1.82) is 0 Å². The quantitative estimate of drug-likeness (QED) is 0.302. The Hall–Kier alpha value is -3.44. The number of carbonyl (C=O) groups is 1. The van der Waals surface area contributed by atoms with Gasteiger partial charge in [-0.15, -0.1) is 0 Å². The molecule has 0 aromatic heterocycles. The molecule has 7 nitrogen and oxygen atoms in total. The molecule has 0 bridgehead atoms. The van der Waals surface area contributed by atoms with Crippen molar-refractivity contribution in [2.75, 3.05) is 14.2 Å². The van der Waals surface area contributed by atoms with Crippen LogP contribution in [0, 0.1) is 0 Å². The molecule has 2 rings (SSSR count). The molecule has 0 amide bonds. The van der Waals surface area contributed by atoms with E-state index >= 15 is 0 Å². The van der Waals surface area contributed by atoms with Crippen molar-refractivity contribution in [3.63, 3.8) is 0 Å². The van der Waals surface area contributed by atoms with Crippen LogP contribution < -0.4 is 14.2 Å². The molecular formula is C19H19N3O4. The van der Waals surface area contributed by atoms with Crippen LogP contribution in [0.25, 0.3) is 16.5 Å². The van der Waals surface area contributed by atoms with Crippen LogP contribution in [0.1, 0.15) is 18.1 Å². The third kappa shape index (κ3) is 4.78. The molecule has 0 unspecified atom stereocenters. The second kappa shape index (κ2) is 9.15. The fraction of sp³-hybridized carbons (Fsp3) is 0.211. The van der Waals surface area contributed by atoms with Crippen LogP contribution in [-0.2, 0) is 11.4 Å². The molecule has 2 aromatic rings. The van der Waals surface area contributed by atoms with E-state index in [1.54, 1.807) is 12.1 Å². The molecule has 7 heteroatoms. The van der Waals surface area contributed by atoms with Gasteiger partial charge in [0.2, 0.25) is 5.75 Å². The van der Waals surface area contributed by atoms with Crippen molar-refractivity contribution in [2.45, 2.75) is 13.5 Å². The van der Waals surface area contributed by atoms with E-state index in [0.29, 0.717) is 29.4 Å². The van der Waals surface area contributed by atoms with E-state index in [2.05, 4.69) is 10.0 Å². The summed E-state index contributed by atoms with van der Waals surface area (Å²) < 4.78 is 16.7. The van der Waals surface area contributed by atoms with Crippen molar-refractivity contribution in [3.05, 3.63) is 69.7 Å². The number of hydrogen-bond acceptors (Lipinski definition) is 5. The Labute approximate surface area is 151 Å². The summed E-state index contributed by atoms with van der Waals surface area (Å²) in [6, 6.07) is 13.1. The smallest absolute Gasteiger partial charge is 0.203 e. The largest absolute Gasteiger partial charge is 0.493 e. The number of methoxy groups -OCH3 is 2. The van der Waals surface area contributed by atoms with Gasteiger partial charge in [0.25, 0.3) is 0 Å². The third-order valence-electron chi connectivity index (χ3n) is 3.53. The summed E-state index contributed by atoms with van der Waals surface area (Å²) in [4.78, 5) is 14.2. The van der Waals surface area contributed by atoms with E-state index in [-0.39, 0.29) is 11.5 Å². The number of carbonyl (C=O) groups excluding carboxylic acids is 1. The molecular weight excluding hydrogens is 334 g/mol. The first kappa shape index (κ1) is 18.9. The van der Waals surface area contributed by atoms with E-state index in [4.69, 9.17) is 19.7 Å². The average Bonchev–Trinajstić information content (AvgIpc) is 2.66. The minimum Gasteiger partial charge on any atom is -0.493 e. The molecule has 0 saturated carbocycles. The number of hydrogen-bond donors (Lipinski definition) is 0. The lowest BCUT2D eigenvalue weighted by Crippen LogP contribution is -2.01. The van der Waals surface area contributed by atoms with E-state index in [0.717, 1.165) is 5.56 Å². The summed E-state index contributed by atoms with van der Waals surface area (Å²) in [5.41, 5.74) is 10.2. The first-order valence-electron chi connectivity index (χ1n) is 7.79. The molecule has 0 aliphatic heterocycles. The molecule has 26 heavy (non-hydrogen) atoms. The predicted molar refractivity (Wildman–Crippen MR) is 98.1 cm³/mol. The van der Waals surface area contributed by atoms with Crippen LogP contribution in [0.15, 0.2) is 53.3 Å². The highest BCUT2D eigenvalue weighted by Gasteiger charge is 2.14. The summed E-state index contributed by atoms with van der Waals surface area (Å²) in [5, 5.41) is 3.41. The molecule has 0 fully saturated rings. The van der Waals surface area contributed by atoms with Crippen LogP contribution in [-0.4, -0.2) is 20.0 Å². The Balaban J connectivity index is 2.39. The van der Waals surface area contributed by atoms with Gasteiger partial charge in [-0.05, 0) is 41.8 Å². The van der Waals surface area contributed by atoms with Crippen LogP contribution >= 0.6 is 0 Å². The maximum absolute atomic E-state index is 11.6. The topological polar surface area (TPSA) is 93.5 Å². The summed E-state index contributed by atoms with van der Waals surface area (Å²) in [5.74, 6) is 0.986. The molecule has 0 aliphatic carbocycles. The van der Waals surface area contributed by atoms with Gasteiger partial charge in [-0.3, -0.25) is 4.79 Å². The van der Waals surface area contributed by atoms with E-state index < -0.39 is 0 Å². The highest BCUT2D eigenvalue weighted by atomic mass is 16.5. The number of Topliss-reactive ketones (excluding diaryl/α,β-unsaturated/α-hetero) is 1. The SMILES string of the molecule is COc1cc(C=C(N=[N+]=[N-])C(C)=O)cc(OC)c1OCc1ccccc1. The minimum atomic E-state index is -0.342. The van der Waals surface area contributed by atoms with Gasteiger partial charge in [0.1, 0.15) is 6.61 Å². The van der Waals surface area contributed by atoms with Crippen molar-refractivity contribution in [1.82, 2.24) is 0 Å². The Bertz CT molecular complexity index is 827. The van der Waals surface area contributed by atoms with Gasteiger partial charge in [-0.1, -0.05) is 35.4 Å². The fourth-order valence-corrected chi connectivity index (χ4v) is 2.26. The van der Waals surface area contributed by atoms with Gasteiger partial charge in [-0.2, -0.15) is 0 Å². The second-order valence-corrected chi connectivity index (χ2v) is 5.30.